The van der Waals surface area contributed by atoms with Gasteiger partial charge in [-0.05, 0) is 45.8 Å². The molecule has 7 aromatic carbocycles. The van der Waals surface area contributed by atoms with Crippen molar-refractivity contribution in [2.75, 3.05) is 0 Å². The fourth-order valence-corrected chi connectivity index (χ4v) is 8.08. The lowest BCUT2D eigenvalue weighted by atomic mass is 10.0. The lowest BCUT2D eigenvalue weighted by Gasteiger charge is -2.11. The zero-order valence-corrected chi connectivity index (χ0v) is 25.4. The lowest BCUT2D eigenvalue weighted by molar-refractivity contribution is 0.954. The first kappa shape index (κ1) is 25.4. The first-order valence-electron chi connectivity index (χ1n) is 15.4. The monoisotopic (exact) mass is 604 g/mol. The van der Waals surface area contributed by atoms with Crippen molar-refractivity contribution in [3.05, 3.63) is 146 Å². The summed E-state index contributed by atoms with van der Waals surface area (Å²) >= 11 is 1.84. The summed E-state index contributed by atoms with van der Waals surface area (Å²) in [6, 6.07) is 51.3. The maximum absolute atomic E-state index is 5.16. The molecule has 0 amide bonds. The minimum Gasteiger partial charge on any atom is -0.278 e. The number of benzene rings is 7. The normalized spacial score (nSPS) is 11.9. The molecule has 0 aliphatic carbocycles. The average Bonchev–Trinajstić information content (AvgIpc) is 3.66. The highest BCUT2D eigenvalue weighted by Gasteiger charge is 2.21. The molecule has 46 heavy (non-hydrogen) atoms. The van der Waals surface area contributed by atoms with Crippen molar-refractivity contribution < 1.29 is 0 Å². The van der Waals surface area contributed by atoms with Crippen LogP contribution in [0.5, 0.6) is 0 Å². The molecule has 0 fully saturated rings. The molecule has 0 N–H and O–H groups in total. The van der Waals surface area contributed by atoms with E-state index in [1.165, 1.54) is 52.5 Å². The second-order valence-electron chi connectivity index (χ2n) is 11.7. The Kier molecular flexibility index (Phi) is 5.41. The molecule has 10 aromatic rings. The Morgan fingerprint density at radius 2 is 1.00 bits per heavy atom. The van der Waals surface area contributed by atoms with Crippen molar-refractivity contribution in [3.8, 4) is 28.7 Å². The van der Waals surface area contributed by atoms with Gasteiger partial charge in [0.25, 0.3) is 0 Å². The largest absolute Gasteiger partial charge is 0.278 e. The average molecular weight is 605 g/mol. The Hall–Kier alpha value is -5.91. The number of rotatable bonds is 3. The van der Waals surface area contributed by atoms with Gasteiger partial charge in [-0.15, -0.1) is 11.3 Å². The number of fused-ring (bicyclic) bond motifs is 10. The van der Waals surface area contributed by atoms with E-state index in [4.69, 9.17) is 15.0 Å². The van der Waals surface area contributed by atoms with E-state index in [1.54, 1.807) is 0 Å². The summed E-state index contributed by atoms with van der Waals surface area (Å²) in [6.45, 7) is 0. The predicted octanol–water partition coefficient (Wildman–Crippen LogP) is 11.0. The Morgan fingerprint density at radius 1 is 0.413 bits per heavy atom. The van der Waals surface area contributed by atoms with E-state index in [-0.39, 0.29) is 0 Å². The Balaban J connectivity index is 1.37. The van der Waals surface area contributed by atoms with E-state index < -0.39 is 0 Å². The summed E-state index contributed by atoms with van der Waals surface area (Å²) < 4.78 is 4.77. The summed E-state index contributed by atoms with van der Waals surface area (Å²) in [5.41, 5.74) is 4.06. The van der Waals surface area contributed by atoms with E-state index in [2.05, 4.69) is 114 Å². The second-order valence-corrected chi connectivity index (χ2v) is 12.7. The van der Waals surface area contributed by atoms with Crippen molar-refractivity contribution in [2.45, 2.75) is 0 Å². The van der Waals surface area contributed by atoms with Gasteiger partial charge in [0.1, 0.15) is 0 Å². The van der Waals surface area contributed by atoms with Gasteiger partial charge in [0, 0.05) is 42.1 Å². The highest BCUT2D eigenvalue weighted by Crippen LogP contribution is 2.44. The molecule has 0 saturated heterocycles. The standard InChI is InChI=1S/C41H24N4S/c1-3-13-27(14-4-1)39-42-40(28-15-5-2-6-16-28)44-41(43-39)45-33-21-19-25-11-7-9-17-29(25)37(33)31-23-32-36(24-34(31)45)46-35-22-20-26-12-8-10-18-30(26)38(32)35/h1-24H. The number of aromatic nitrogens is 4. The summed E-state index contributed by atoms with van der Waals surface area (Å²) in [5.74, 6) is 1.90. The maximum atomic E-state index is 5.16. The molecule has 0 aliphatic heterocycles. The van der Waals surface area contributed by atoms with Crippen molar-refractivity contribution in [1.82, 2.24) is 19.5 Å². The zero-order chi connectivity index (χ0) is 30.2. The lowest BCUT2D eigenvalue weighted by Crippen LogP contribution is -2.06. The molecule has 10 rings (SSSR count). The molecule has 0 aliphatic rings. The third kappa shape index (κ3) is 3.76. The number of hydrogen-bond acceptors (Lipinski definition) is 4. The first-order valence-corrected chi connectivity index (χ1v) is 16.2. The van der Waals surface area contributed by atoms with Gasteiger partial charge in [-0.2, -0.15) is 9.97 Å². The number of thiophene rings is 1. The Labute approximate surface area is 267 Å². The summed E-state index contributed by atoms with van der Waals surface area (Å²) in [7, 11) is 0. The van der Waals surface area contributed by atoms with Gasteiger partial charge >= 0.3 is 0 Å². The molecule has 3 aromatic heterocycles. The van der Waals surface area contributed by atoms with E-state index in [0.717, 1.165) is 22.2 Å². The minimum absolute atomic E-state index is 0.605. The van der Waals surface area contributed by atoms with Crippen LogP contribution in [-0.2, 0) is 0 Å². The molecule has 0 bridgehead atoms. The highest BCUT2D eigenvalue weighted by atomic mass is 32.1. The molecule has 0 spiro atoms. The van der Waals surface area contributed by atoms with Crippen molar-refractivity contribution in [3.63, 3.8) is 0 Å². The zero-order valence-electron chi connectivity index (χ0n) is 24.6. The SMILES string of the molecule is c1ccc(-c2nc(-c3ccccc3)nc(-n3c4cc5sc6ccc7ccccc7c6c5cc4c4c5ccccc5ccc43)n2)cc1. The van der Waals surface area contributed by atoms with Gasteiger partial charge < -0.3 is 0 Å². The van der Waals surface area contributed by atoms with Crippen LogP contribution in [-0.4, -0.2) is 19.5 Å². The number of nitrogens with zero attached hydrogens (tertiary/aromatic N) is 4. The topological polar surface area (TPSA) is 43.6 Å². The van der Waals surface area contributed by atoms with Crippen LogP contribution in [0, 0.1) is 0 Å². The third-order valence-corrected chi connectivity index (χ3v) is 10.1. The highest BCUT2D eigenvalue weighted by molar-refractivity contribution is 7.26. The van der Waals surface area contributed by atoms with Gasteiger partial charge in [0.05, 0.1) is 11.0 Å². The quantitative estimate of drug-likeness (QED) is 0.201. The van der Waals surface area contributed by atoms with Crippen LogP contribution < -0.4 is 0 Å². The second kappa shape index (κ2) is 9.80. The van der Waals surface area contributed by atoms with Crippen LogP contribution in [0.15, 0.2) is 146 Å². The van der Waals surface area contributed by atoms with Crippen LogP contribution in [0.1, 0.15) is 0 Å². The molecule has 214 valence electrons. The molecular weight excluding hydrogens is 581 g/mol. The summed E-state index contributed by atoms with van der Waals surface area (Å²) in [6.07, 6.45) is 0. The van der Waals surface area contributed by atoms with Gasteiger partial charge in [-0.3, -0.25) is 4.57 Å². The van der Waals surface area contributed by atoms with Gasteiger partial charge in [0.2, 0.25) is 5.95 Å². The first-order chi connectivity index (χ1) is 22.8. The summed E-state index contributed by atoms with van der Waals surface area (Å²) in [4.78, 5) is 15.3. The van der Waals surface area contributed by atoms with Crippen LogP contribution in [0.4, 0.5) is 0 Å². The van der Waals surface area contributed by atoms with Crippen molar-refractivity contribution in [2.24, 2.45) is 0 Å². The van der Waals surface area contributed by atoms with Crippen molar-refractivity contribution in [1.29, 1.82) is 0 Å². The fourth-order valence-electron chi connectivity index (χ4n) is 6.94. The Morgan fingerprint density at radius 3 is 1.67 bits per heavy atom. The fraction of sp³-hybridized carbons (Fsp3) is 0. The van der Waals surface area contributed by atoms with E-state index >= 15 is 0 Å². The molecule has 4 nitrogen and oxygen atoms in total. The van der Waals surface area contributed by atoms with E-state index in [1.807, 2.05) is 47.7 Å². The molecule has 0 atom stereocenters. The molecule has 0 unspecified atom stereocenters. The number of hydrogen-bond donors (Lipinski definition) is 0. The van der Waals surface area contributed by atoms with Gasteiger partial charge in [0.15, 0.2) is 11.6 Å². The molecule has 0 radical (unpaired) electrons. The van der Waals surface area contributed by atoms with E-state index in [9.17, 15) is 0 Å². The van der Waals surface area contributed by atoms with Gasteiger partial charge in [-0.25, -0.2) is 4.98 Å². The van der Waals surface area contributed by atoms with Gasteiger partial charge in [-0.1, -0.05) is 121 Å². The van der Waals surface area contributed by atoms with Crippen LogP contribution in [0.25, 0.3) is 92.2 Å². The third-order valence-electron chi connectivity index (χ3n) is 9.02. The van der Waals surface area contributed by atoms with Crippen molar-refractivity contribution >= 4 is 74.9 Å². The minimum atomic E-state index is 0.605. The van der Waals surface area contributed by atoms with Crippen LogP contribution in [0.2, 0.25) is 0 Å². The Bertz CT molecular complexity index is 2740. The molecular formula is C41H24N4S. The van der Waals surface area contributed by atoms with Crippen LogP contribution in [0.3, 0.4) is 0 Å². The maximum Gasteiger partial charge on any atom is 0.238 e. The molecule has 5 heteroatoms. The predicted molar refractivity (Wildman–Crippen MR) is 193 cm³/mol. The molecule has 0 saturated carbocycles. The molecule has 3 heterocycles. The van der Waals surface area contributed by atoms with E-state index in [0.29, 0.717) is 17.6 Å². The van der Waals surface area contributed by atoms with Crippen LogP contribution >= 0.6 is 11.3 Å². The summed E-state index contributed by atoms with van der Waals surface area (Å²) in [5, 5.41) is 9.97. The smallest absolute Gasteiger partial charge is 0.238 e.